The fourth-order valence-electron chi connectivity index (χ4n) is 2.64. The first-order chi connectivity index (χ1) is 7.20. The first-order valence-electron chi connectivity index (χ1n) is 5.68. The highest BCUT2D eigenvalue weighted by Crippen LogP contribution is 2.26. The van der Waals surface area contributed by atoms with Crippen molar-refractivity contribution in [1.29, 1.82) is 0 Å². The Balaban J connectivity index is 1.87. The quantitative estimate of drug-likeness (QED) is 0.707. The number of carbonyl (C=O) groups is 2. The molecule has 2 unspecified atom stereocenters. The Morgan fingerprint density at radius 3 is 2.87 bits per heavy atom. The zero-order chi connectivity index (χ0) is 10.8. The van der Waals surface area contributed by atoms with Crippen LogP contribution in [0, 0.1) is 5.92 Å². The second-order valence-corrected chi connectivity index (χ2v) is 4.53. The number of carbonyl (C=O) groups excluding carboxylic acids is 2. The van der Waals surface area contributed by atoms with Crippen molar-refractivity contribution in [2.75, 3.05) is 20.1 Å². The van der Waals surface area contributed by atoms with E-state index in [0.29, 0.717) is 18.2 Å². The van der Waals surface area contributed by atoms with Crippen molar-refractivity contribution in [2.24, 2.45) is 5.92 Å². The Hall–Kier alpha value is -0.900. The summed E-state index contributed by atoms with van der Waals surface area (Å²) in [5, 5.41) is 2.69. The molecule has 0 aromatic heterocycles. The maximum atomic E-state index is 11.4. The molecule has 2 aliphatic rings. The minimum Gasteiger partial charge on any atom is -0.359 e. The van der Waals surface area contributed by atoms with E-state index < -0.39 is 0 Å². The highest BCUT2D eigenvalue weighted by atomic mass is 16.2. The molecule has 1 saturated heterocycles. The van der Waals surface area contributed by atoms with E-state index in [2.05, 4.69) is 10.2 Å². The molecule has 15 heavy (non-hydrogen) atoms. The minimum absolute atomic E-state index is 0.130. The van der Waals surface area contributed by atoms with E-state index in [4.69, 9.17) is 0 Å². The topological polar surface area (TPSA) is 49.4 Å². The van der Waals surface area contributed by atoms with E-state index in [9.17, 15) is 9.59 Å². The molecule has 1 aliphatic carbocycles. The van der Waals surface area contributed by atoms with Gasteiger partial charge in [-0.1, -0.05) is 0 Å². The summed E-state index contributed by atoms with van der Waals surface area (Å²) < 4.78 is 0. The van der Waals surface area contributed by atoms with Crippen molar-refractivity contribution in [3.8, 4) is 0 Å². The zero-order valence-electron chi connectivity index (χ0n) is 9.16. The molecule has 1 N–H and O–H groups in total. The van der Waals surface area contributed by atoms with Crippen LogP contribution in [0.15, 0.2) is 0 Å². The number of Topliss-reactive ketones (excluding diaryl/α,β-unsaturated/α-hetero) is 1. The van der Waals surface area contributed by atoms with Gasteiger partial charge in [0.1, 0.15) is 5.78 Å². The Morgan fingerprint density at radius 1 is 1.47 bits per heavy atom. The third-order valence-electron chi connectivity index (χ3n) is 3.57. The summed E-state index contributed by atoms with van der Waals surface area (Å²) in [7, 11) is 1.68. The Bertz CT molecular complexity index is 278. The van der Waals surface area contributed by atoms with E-state index >= 15 is 0 Å². The normalized spacial score (nSPS) is 32.2. The van der Waals surface area contributed by atoms with Gasteiger partial charge in [0.25, 0.3) is 0 Å². The van der Waals surface area contributed by atoms with Crippen molar-refractivity contribution in [1.82, 2.24) is 10.2 Å². The molecule has 0 bridgehead atoms. The van der Waals surface area contributed by atoms with E-state index in [1.54, 1.807) is 7.05 Å². The molecule has 1 amide bonds. The van der Waals surface area contributed by atoms with Crippen LogP contribution in [0.4, 0.5) is 0 Å². The maximum absolute atomic E-state index is 11.4. The lowest BCUT2D eigenvalue weighted by Gasteiger charge is -2.22. The van der Waals surface area contributed by atoms with Gasteiger partial charge >= 0.3 is 0 Å². The highest BCUT2D eigenvalue weighted by molar-refractivity contribution is 5.81. The van der Waals surface area contributed by atoms with Gasteiger partial charge in [-0.2, -0.15) is 0 Å². The molecule has 0 aromatic carbocycles. The summed E-state index contributed by atoms with van der Waals surface area (Å²) in [6, 6.07) is 0.409. The fourth-order valence-corrected chi connectivity index (χ4v) is 2.64. The van der Waals surface area contributed by atoms with Crippen LogP contribution in [0.25, 0.3) is 0 Å². The Labute approximate surface area is 90.0 Å². The number of hydrogen-bond acceptors (Lipinski definition) is 3. The van der Waals surface area contributed by atoms with Crippen LogP contribution in [-0.4, -0.2) is 42.8 Å². The first kappa shape index (κ1) is 10.6. The fraction of sp³-hybridized carbons (Fsp3) is 0.818. The van der Waals surface area contributed by atoms with E-state index in [1.165, 1.54) is 0 Å². The van der Waals surface area contributed by atoms with Crippen LogP contribution in [0.2, 0.25) is 0 Å². The third kappa shape index (κ3) is 2.20. The largest absolute Gasteiger partial charge is 0.359 e. The lowest BCUT2D eigenvalue weighted by molar-refractivity contribution is -0.124. The van der Waals surface area contributed by atoms with Crippen LogP contribution < -0.4 is 5.32 Å². The van der Waals surface area contributed by atoms with Gasteiger partial charge in [-0.25, -0.2) is 0 Å². The standard InChI is InChI=1S/C11H18N2O2/c1-12-11(15)8-4-5-13(7-8)9-2-3-10(14)6-9/h8-9H,2-7H2,1H3,(H,12,15). The number of nitrogens with one attached hydrogen (secondary N) is 1. The second kappa shape index (κ2) is 4.31. The van der Waals surface area contributed by atoms with Crippen molar-refractivity contribution in [3.05, 3.63) is 0 Å². The number of ketones is 1. The molecule has 4 heteroatoms. The minimum atomic E-state index is 0.130. The molecule has 2 rings (SSSR count). The maximum Gasteiger partial charge on any atom is 0.224 e. The molecule has 0 radical (unpaired) electrons. The summed E-state index contributed by atoms with van der Waals surface area (Å²) in [6.45, 7) is 1.80. The van der Waals surface area contributed by atoms with Gasteiger partial charge in [-0.15, -0.1) is 0 Å². The van der Waals surface area contributed by atoms with Gasteiger partial charge in [0.2, 0.25) is 5.91 Å². The Kier molecular flexibility index (Phi) is 3.05. The molecular formula is C11H18N2O2. The number of rotatable bonds is 2. The molecule has 84 valence electrons. The summed E-state index contributed by atoms with van der Waals surface area (Å²) in [4.78, 5) is 24.9. The molecule has 1 heterocycles. The smallest absolute Gasteiger partial charge is 0.224 e. The first-order valence-corrected chi connectivity index (χ1v) is 5.68. The number of nitrogens with zero attached hydrogens (tertiary/aromatic N) is 1. The molecular weight excluding hydrogens is 192 g/mol. The van der Waals surface area contributed by atoms with Gasteiger partial charge in [0.05, 0.1) is 5.92 Å². The molecule has 0 spiro atoms. The van der Waals surface area contributed by atoms with Crippen molar-refractivity contribution >= 4 is 11.7 Å². The predicted molar refractivity (Wildman–Crippen MR) is 56.4 cm³/mol. The van der Waals surface area contributed by atoms with Gasteiger partial charge < -0.3 is 5.32 Å². The van der Waals surface area contributed by atoms with Gasteiger partial charge in [-0.05, 0) is 19.4 Å². The van der Waals surface area contributed by atoms with Crippen LogP contribution in [0.3, 0.4) is 0 Å². The third-order valence-corrected chi connectivity index (χ3v) is 3.57. The number of hydrogen-bond donors (Lipinski definition) is 1. The average Bonchev–Trinajstić information content (AvgIpc) is 2.84. The summed E-state index contributed by atoms with van der Waals surface area (Å²) in [5.74, 6) is 0.649. The van der Waals surface area contributed by atoms with Crippen LogP contribution in [0.1, 0.15) is 25.7 Å². The molecule has 2 fully saturated rings. The molecule has 2 atom stereocenters. The van der Waals surface area contributed by atoms with Crippen molar-refractivity contribution in [3.63, 3.8) is 0 Å². The van der Waals surface area contributed by atoms with Crippen LogP contribution >= 0.6 is 0 Å². The average molecular weight is 210 g/mol. The molecule has 1 aliphatic heterocycles. The second-order valence-electron chi connectivity index (χ2n) is 4.53. The van der Waals surface area contributed by atoms with Gasteiger partial charge in [0, 0.05) is 32.5 Å². The number of likely N-dealkylation sites (tertiary alicyclic amines) is 1. The van der Waals surface area contributed by atoms with E-state index in [-0.39, 0.29) is 11.8 Å². The summed E-state index contributed by atoms with van der Waals surface area (Å²) in [5.41, 5.74) is 0. The predicted octanol–water partition coefficient (Wildman–Crippen LogP) is 0.176. The molecule has 4 nitrogen and oxygen atoms in total. The van der Waals surface area contributed by atoms with Gasteiger partial charge in [0.15, 0.2) is 0 Å². The van der Waals surface area contributed by atoms with E-state index in [1.807, 2.05) is 0 Å². The number of amides is 1. The molecule has 1 saturated carbocycles. The zero-order valence-corrected chi connectivity index (χ0v) is 9.16. The lowest BCUT2D eigenvalue weighted by Crippen LogP contribution is -2.34. The monoisotopic (exact) mass is 210 g/mol. The summed E-state index contributed by atoms with van der Waals surface area (Å²) in [6.07, 6.45) is 3.34. The summed E-state index contributed by atoms with van der Waals surface area (Å²) >= 11 is 0. The van der Waals surface area contributed by atoms with Crippen molar-refractivity contribution < 1.29 is 9.59 Å². The highest BCUT2D eigenvalue weighted by Gasteiger charge is 2.34. The molecule has 0 aromatic rings. The van der Waals surface area contributed by atoms with Gasteiger partial charge in [-0.3, -0.25) is 14.5 Å². The van der Waals surface area contributed by atoms with Crippen LogP contribution in [0.5, 0.6) is 0 Å². The Morgan fingerprint density at radius 2 is 2.27 bits per heavy atom. The van der Waals surface area contributed by atoms with Crippen LogP contribution in [-0.2, 0) is 9.59 Å². The van der Waals surface area contributed by atoms with Crippen molar-refractivity contribution in [2.45, 2.75) is 31.7 Å². The SMILES string of the molecule is CNC(=O)C1CCN(C2CCC(=O)C2)C1. The lowest BCUT2D eigenvalue weighted by atomic mass is 10.1. The van der Waals surface area contributed by atoms with E-state index in [0.717, 1.165) is 32.4 Å².